The molecule has 6 atom stereocenters. The van der Waals surface area contributed by atoms with E-state index in [-0.39, 0.29) is 0 Å². The van der Waals surface area contributed by atoms with Crippen molar-refractivity contribution in [1.82, 2.24) is 0 Å². The molecule has 2 saturated heterocycles. The number of methoxy groups -OCH3 is 1. The monoisotopic (exact) mass is 362 g/mol. The van der Waals surface area contributed by atoms with Crippen molar-refractivity contribution in [3.8, 4) is 0 Å². The standard InChI is InChI=1S/C17H30O8/c1-11(21-9-8-20-2)22-14-13(12(19)10-18)23-16-15(14)24-17(25-16)6-4-3-5-7-17/h11-16,18-19H,3-10H2,1-2H3/t11?,12-,13+,14-,15+,16+/m0/s1. The normalized spacial score (nSPS) is 36.5. The maximum absolute atomic E-state index is 10.1. The summed E-state index contributed by atoms with van der Waals surface area (Å²) in [6.07, 6.45) is 1.03. The van der Waals surface area contributed by atoms with Crippen LogP contribution in [-0.4, -0.2) is 79.9 Å². The van der Waals surface area contributed by atoms with Gasteiger partial charge in [0.05, 0.1) is 19.8 Å². The van der Waals surface area contributed by atoms with Crippen LogP contribution in [0.3, 0.4) is 0 Å². The Kier molecular flexibility index (Phi) is 6.67. The zero-order valence-electron chi connectivity index (χ0n) is 15.0. The second-order valence-electron chi connectivity index (χ2n) is 6.92. The minimum atomic E-state index is -1.07. The molecular formula is C17H30O8. The van der Waals surface area contributed by atoms with Gasteiger partial charge in [0.15, 0.2) is 18.4 Å². The number of hydrogen-bond acceptors (Lipinski definition) is 8. The van der Waals surface area contributed by atoms with Crippen molar-refractivity contribution < 1.29 is 38.6 Å². The second kappa shape index (κ2) is 8.58. The summed E-state index contributed by atoms with van der Waals surface area (Å²) in [5.41, 5.74) is 0. The van der Waals surface area contributed by atoms with Gasteiger partial charge in [-0.1, -0.05) is 6.42 Å². The summed E-state index contributed by atoms with van der Waals surface area (Å²) >= 11 is 0. The molecule has 3 rings (SSSR count). The van der Waals surface area contributed by atoms with Crippen molar-refractivity contribution in [1.29, 1.82) is 0 Å². The number of fused-ring (bicyclic) bond motifs is 1. The zero-order valence-corrected chi connectivity index (χ0v) is 15.0. The van der Waals surface area contributed by atoms with Crippen molar-refractivity contribution in [3.63, 3.8) is 0 Å². The maximum atomic E-state index is 10.1. The molecule has 0 amide bonds. The third-order valence-electron chi connectivity index (χ3n) is 5.06. The van der Waals surface area contributed by atoms with Gasteiger partial charge >= 0.3 is 0 Å². The summed E-state index contributed by atoms with van der Waals surface area (Å²) in [6.45, 7) is 2.21. The van der Waals surface area contributed by atoms with Gasteiger partial charge < -0.3 is 38.6 Å². The van der Waals surface area contributed by atoms with E-state index in [9.17, 15) is 10.2 Å². The molecule has 0 aromatic heterocycles. The molecule has 8 nitrogen and oxygen atoms in total. The Hall–Kier alpha value is -0.320. The highest BCUT2D eigenvalue weighted by Crippen LogP contribution is 2.46. The lowest BCUT2D eigenvalue weighted by Crippen LogP contribution is -2.46. The number of rotatable bonds is 8. The number of aliphatic hydroxyl groups is 2. The predicted molar refractivity (Wildman–Crippen MR) is 85.7 cm³/mol. The van der Waals surface area contributed by atoms with Crippen LogP contribution in [0.2, 0.25) is 0 Å². The van der Waals surface area contributed by atoms with E-state index in [2.05, 4.69) is 0 Å². The van der Waals surface area contributed by atoms with Crippen LogP contribution >= 0.6 is 0 Å². The highest BCUT2D eigenvalue weighted by molar-refractivity contribution is 4.99. The molecule has 1 spiro atoms. The summed E-state index contributed by atoms with van der Waals surface area (Å²) < 4.78 is 34.6. The molecule has 1 aliphatic carbocycles. The van der Waals surface area contributed by atoms with Crippen LogP contribution in [0.5, 0.6) is 0 Å². The molecule has 3 fully saturated rings. The van der Waals surface area contributed by atoms with Crippen LogP contribution in [0.1, 0.15) is 39.0 Å². The maximum Gasteiger partial charge on any atom is 0.190 e. The van der Waals surface area contributed by atoms with Gasteiger partial charge in [-0.15, -0.1) is 0 Å². The third kappa shape index (κ3) is 4.33. The quantitative estimate of drug-likeness (QED) is 0.477. The Labute approximate surface area is 148 Å². The average molecular weight is 362 g/mol. The van der Waals surface area contributed by atoms with Gasteiger partial charge in [0, 0.05) is 20.0 Å². The Morgan fingerprint density at radius 3 is 2.60 bits per heavy atom. The lowest BCUT2D eigenvalue weighted by Gasteiger charge is -2.35. The Morgan fingerprint density at radius 2 is 1.92 bits per heavy atom. The molecule has 146 valence electrons. The Morgan fingerprint density at radius 1 is 1.16 bits per heavy atom. The van der Waals surface area contributed by atoms with Crippen LogP contribution in [0.15, 0.2) is 0 Å². The summed E-state index contributed by atoms with van der Waals surface area (Å²) in [4.78, 5) is 0. The first kappa shape index (κ1) is 19.4. The van der Waals surface area contributed by atoms with Crippen LogP contribution < -0.4 is 0 Å². The molecular weight excluding hydrogens is 332 g/mol. The largest absolute Gasteiger partial charge is 0.394 e. The summed E-state index contributed by atoms with van der Waals surface area (Å²) in [6, 6.07) is 0. The second-order valence-corrected chi connectivity index (χ2v) is 6.92. The van der Waals surface area contributed by atoms with Gasteiger partial charge in [0.25, 0.3) is 0 Å². The number of hydrogen-bond donors (Lipinski definition) is 2. The van der Waals surface area contributed by atoms with Crippen LogP contribution in [0, 0.1) is 0 Å². The first-order valence-electron chi connectivity index (χ1n) is 9.14. The minimum absolute atomic E-state index is 0.397. The first-order chi connectivity index (χ1) is 12.1. The smallest absolute Gasteiger partial charge is 0.190 e. The molecule has 0 aromatic rings. The molecule has 3 aliphatic rings. The molecule has 2 heterocycles. The fraction of sp³-hybridized carbons (Fsp3) is 1.00. The van der Waals surface area contributed by atoms with Gasteiger partial charge in [0.1, 0.15) is 24.4 Å². The van der Waals surface area contributed by atoms with E-state index in [0.29, 0.717) is 13.2 Å². The van der Waals surface area contributed by atoms with E-state index in [0.717, 1.165) is 25.7 Å². The fourth-order valence-electron chi connectivity index (χ4n) is 3.81. The molecule has 1 saturated carbocycles. The van der Waals surface area contributed by atoms with E-state index in [1.807, 2.05) is 0 Å². The molecule has 2 N–H and O–H groups in total. The lowest BCUT2D eigenvalue weighted by atomic mass is 9.94. The lowest BCUT2D eigenvalue weighted by molar-refractivity contribution is -0.269. The first-order valence-corrected chi connectivity index (χ1v) is 9.14. The van der Waals surface area contributed by atoms with Gasteiger partial charge in [-0.2, -0.15) is 0 Å². The van der Waals surface area contributed by atoms with Crippen molar-refractivity contribution in [2.45, 2.75) is 81.8 Å². The zero-order chi connectivity index (χ0) is 17.9. The van der Waals surface area contributed by atoms with E-state index >= 15 is 0 Å². The van der Waals surface area contributed by atoms with Gasteiger partial charge in [-0.25, -0.2) is 0 Å². The Balaban J connectivity index is 1.65. The van der Waals surface area contributed by atoms with Gasteiger partial charge in [0.2, 0.25) is 0 Å². The van der Waals surface area contributed by atoms with Crippen molar-refractivity contribution >= 4 is 0 Å². The summed E-state index contributed by atoms with van der Waals surface area (Å²) in [5, 5.41) is 19.4. The topological polar surface area (TPSA) is 95.8 Å². The summed E-state index contributed by atoms with van der Waals surface area (Å²) in [5.74, 6) is -0.607. The average Bonchev–Trinajstić information content (AvgIpc) is 3.10. The minimum Gasteiger partial charge on any atom is -0.394 e. The molecule has 25 heavy (non-hydrogen) atoms. The number of aliphatic hydroxyl groups excluding tert-OH is 2. The van der Waals surface area contributed by atoms with Crippen LogP contribution in [0.25, 0.3) is 0 Å². The molecule has 1 unspecified atom stereocenters. The van der Waals surface area contributed by atoms with Crippen LogP contribution in [-0.2, 0) is 28.4 Å². The highest BCUT2D eigenvalue weighted by atomic mass is 16.8. The Bertz CT molecular complexity index is 413. The SMILES string of the molecule is COCCOC(C)O[C@@H]1[C@H]2OC3(CCCCC3)O[C@H]2O[C@@H]1[C@@H](O)CO. The predicted octanol–water partition coefficient (Wildman–Crippen LogP) is 0.535. The van der Waals surface area contributed by atoms with Crippen molar-refractivity contribution in [3.05, 3.63) is 0 Å². The van der Waals surface area contributed by atoms with Gasteiger partial charge in [-0.3, -0.25) is 0 Å². The molecule has 0 aromatic carbocycles. The summed E-state index contributed by atoms with van der Waals surface area (Å²) in [7, 11) is 1.60. The van der Waals surface area contributed by atoms with Crippen molar-refractivity contribution in [2.24, 2.45) is 0 Å². The van der Waals surface area contributed by atoms with E-state index in [1.54, 1.807) is 14.0 Å². The third-order valence-corrected chi connectivity index (χ3v) is 5.06. The van der Waals surface area contributed by atoms with Crippen LogP contribution in [0.4, 0.5) is 0 Å². The molecule has 0 radical (unpaired) electrons. The van der Waals surface area contributed by atoms with E-state index in [4.69, 9.17) is 28.4 Å². The van der Waals surface area contributed by atoms with E-state index in [1.165, 1.54) is 6.42 Å². The highest BCUT2D eigenvalue weighted by Gasteiger charge is 2.59. The molecule has 0 bridgehead atoms. The number of ether oxygens (including phenoxy) is 6. The van der Waals surface area contributed by atoms with Crippen molar-refractivity contribution in [2.75, 3.05) is 26.9 Å². The molecule has 8 heteroatoms. The van der Waals surface area contributed by atoms with Gasteiger partial charge in [-0.05, 0) is 19.8 Å². The fourth-order valence-corrected chi connectivity index (χ4v) is 3.81. The molecule has 2 aliphatic heterocycles. The van der Waals surface area contributed by atoms with E-state index < -0.39 is 49.4 Å².